The molecule has 4 aromatic rings. The van der Waals surface area contributed by atoms with Crippen LogP contribution >= 0.6 is 0 Å². The lowest BCUT2D eigenvalue weighted by Crippen LogP contribution is -2.23. The van der Waals surface area contributed by atoms with Crippen molar-refractivity contribution in [3.05, 3.63) is 101 Å². The van der Waals surface area contributed by atoms with Crippen molar-refractivity contribution in [3.63, 3.8) is 0 Å². The van der Waals surface area contributed by atoms with Gasteiger partial charge in [-0.2, -0.15) is 0 Å². The van der Waals surface area contributed by atoms with Gasteiger partial charge in [-0.1, -0.05) is 66.7 Å². The molecule has 140 valence electrons. The smallest absolute Gasteiger partial charge is 0.198 e. The highest BCUT2D eigenvalue weighted by molar-refractivity contribution is 6.33. The maximum Gasteiger partial charge on any atom is 0.198 e. The zero-order valence-electron chi connectivity index (χ0n) is 15.7. The van der Waals surface area contributed by atoms with Crippen molar-refractivity contribution in [2.75, 3.05) is 12.4 Å². The summed E-state index contributed by atoms with van der Waals surface area (Å²) in [6.07, 6.45) is 0. The van der Waals surface area contributed by atoms with Gasteiger partial charge in [-0.15, -0.1) is 0 Å². The third-order valence-electron chi connectivity index (χ3n) is 5.25. The molecule has 4 nitrogen and oxygen atoms in total. The second kappa shape index (κ2) is 6.60. The maximum atomic E-state index is 13.5. The second-order valence-electron chi connectivity index (χ2n) is 6.87. The van der Waals surface area contributed by atoms with E-state index in [0.29, 0.717) is 39.4 Å². The molecule has 0 bridgehead atoms. The van der Waals surface area contributed by atoms with Crippen molar-refractivity contribution in [2.45, 2.75) is 0 Å². The van der Waals surface area contributed by atoms with Crippen LogP contribution in [0.15, 0.2) is 78.9 Å². The van der Waals surface area contributed by atoms with Crippen molar-refractivity contribution < 1.29 is 14.3 Å². The van der Waals surface area contributed by atoms with Crippen molar-refractivity contribution in [2.24, 2.45) is 0 Å². The standard InChI is InChI=1S/C25H17NO3/c1-26-22-16-11-5-8-14-19(16)25(29-15-9-3-2-4-10-15)21-20(22)23(27)17-12-6-7-13-18(17)24(21)28/h2-14,26H,1H3. The minimum absolute atomic E-state index is 0.178. The molecule has 4 heteroatoms. The van der Waals surface area contributed by atoms with Gasteiger partial charge in [0.05, 0.1) is 16.8 Å². The third kappa shape index (κ3) is 2.53. The van der Waals surface area contributed by atoms with E-state index >= 15 is 0 Å². The zero-order chi connectivity index (χ0) is 20.0. The summed E-state index contributed by atoms with van der Waals surface area (Å²) in [4.78, 5) is 27.0. The van der Waals surface area contributed by atoms with Gasteiger partial charge in [0.2, 0.25) is 0 Å². The highest BCUT2D eigenvalue weighted by Crippen LogP contribution is 2.45. The Hall–Kier alpha value is -3.92. The van der Waals surface area contributed by atoms with Crippen molar-refractivity contribution in [1.29, 1.82) is 0 Å². The third-order valence-corrected chi connectivity index (χ3v) is 5.25. The minimum atomic E-state index is -0.205. The highest BCUT2D eigenvalue weighted by atomic mass is 16.5. The van der Waals surface area contributed by atoms with Crippen LogP contribution in [0.4, 0.5) is 5.69 Å². The highest BCUT2D eigenvalue weighted by Gasteiger charge is 2.36. The molecule has 1 aliphatic carbocycles. The van der Waals surface area contributed by atoms with Crippen LogP contribution in [-0.2, 0) is 0 Å². The summed E-state index contributed by atoms with van der Waals surface area (Å²) in [6, 6.07) is 23.9. The van der Waals surface area contributed by atoms with Crippen LogP contribution in [0.25, 0.3) is 10.8 Å². The fraction of sp³-hybridized carbons (Fsp3) is 0.0400. The number of hydrogen-bond donors (Lipinski definition) is 1. The first-order valence-electron chi connectivity index (χ1n) is 9.38. The van der Waals surface area contributed by atoms with Crippen LogP contribution in [-0.4, -0.2) is 18.6 Å². The number of para-hydroxylation sites is 1. The summed E-state index contributed by atoms with van der Waals surface area (Å²) in [7, 11) is 1.76. The van der Waals surface area contributed by atoms with Crippen LogP contribution in [0, 0.1) is 0 Å². The largest absolute Gasteiger partial charge is 0.456 e. The van der Waals surface area contributed by atoms with E-state index in [2.05, 4.69) is 5.32 Å². The van der Waals surface area contributed by atoms with Gasteiger partial charge in [0.15, 0.2) is 11.6 Å². The maximum absolute atomic E-state index is 13.5. The van der Waals surface area contributed by atoms with Gasteiger partial charge >= 0.3 is 0 Å². The van der Waals surface area contributed by atoms with Gasteiger partial charge in [0.25, 0.3) is 0 Å². The Morgan fingerprint density at radius 1 is 0.655 bits per heavy atom. The van der Waals surface area contributed by atoms with Gasteiger partial charge in [0, 0.05) is 28.9 Å². The summed E-state index contributed by atoms with van der Waals surface area (Å²) in [5, 5.41) is 4.75. The molecule has 0 heterocycles. The average molecular weight is 379 g/mol. The quantitative estimate of drug-likeness (QED) is 0.453. The number of rotatable bonds is 3. The monoisotopic (exact) mass is 379 g/mol. The van der Waals surface area contributed by atoms with Crippen LogP contribution in [0.2, 0.25) is 0 Å². The van der Waals surface area contributed by atoms with E-state index in [1.165, 1.54) is 0 Å². The molecule has 0 fully saturated rings. The molecule has 4 aromatic carbocycles. The van der Waals surface area contributed by atoms with E-state index in [0.717, 1.165) is 10.8 Å². The van der Waals surface area contributed by atoms with Crippen molar-refractivity contribution in [1.82, 2.24) is 0 Å². The van der Waals surface area contributed by atoms with E-state index < -0.39 is 0 Å². The Bertz CT molecular complexity index is 1290. The molecule has 0 amide bonds. The molecular formula is C25H17NO3. The lowest BCUT2D eigenvalue weighted by atomic mass is 9.81. The topological polar surface area (TPSA) is 55.4 Å². The molecule has 0 aromatic heterocycles. The number of fused-ring (bicyclic) bond motifs is 3. The molecule has 0 unspecified atom stereocenters. The molecule has 0 radical (unpaired) electrons. The normalized spacial score (nSPS) is 12.4. The summed E-state index contributed by atoms with van der Waals surface area (Å²) < 4.78 is 6.22. The van der Waals surface area contributed by atoms with E-state index in [1.54, 1.807) is 31.3 Å². The predicted molar refractivity (Wildman–Crippen MR) is 113 cm³/mol. The number of benzene rings is 4. The fourth-order valence-electron chi connectivity index (χ4n) is 3.97. The molecule has 0 spiro atoms. The van der Waals surface area contributed by atoms with Gasteiger partial charge in [-0.05, 0) is 12.1 Å². The zero-order valence-corrected chi connectivity index (χ0v) is 15.7. The van der Waals surface area contributed by atoms with E-state index in [9.17, 15) is 9.59 Å². The lowest BCUT2D eigenvalue weighted by Gasteiger charge is -2.25. The van der Waals surface area contributed by atoms with Crippen molar-refractivity contribution in [3.8, 4) is 11.5 Å². The van der Waals surface area contributed by atoms with Crippen molar-refractivity contribution >= 4 is 28.0 Å². The molecule has 0 atom stereocenters. The average Bonchev–Trinajstić information content (AvgIpc) is 2.78. The number of hydrogen-bond acceptors (Lipinski definition) is 4. The number of nitrogens with one attached hydrogen (secondary N) is 1. The molecule has 0 saturated heterocycles. The van der Waals surface area contributed by atoms with Gasteiger partial charge < -0.3 is 10.1 Å². The van der Waals surface area contributed by atoms with Gasteiger partial charge in [-0.3, -0.25) is 9.59 Å². The summed E-state index contributed by atoms with van der Waals surface area (Å²) >= 11 is 0. The van der Waals surface area contributed by atoms with E-state index in [-0.39, 0.29) is 11.6 Å². The Labute approximate surface area is 167 Å². The van der Waals surface area contributed by atoms with E-state index in [1.807, 2.05) is 54.6 Å². The molecule has 1 N–H and O–H groups in total. The molecule has 0 aliphatic heterocycles. The van der Waals surface area contributed by atoms with Gasteiger partial charge in [0.1, 0.15) is 11.5 Å². The Morgan fingerprint density at radius 3 is 1.86 bits per heavy atom. The fourth-order valence-corrected chi connectivity index (χ4v) is 3.97. The van der Waals surface area contributed by atoms with Crippen LogP contribution in [0.1, 0.15) is 31.8 Å². The Morgan fingerprint density at radius 2 is 1.21 bits per heavy atom. The molecule has 0 saturated carbocycles. The molecule has 5 rings (SSSR count). The number of carbonyl (C=O) groups is 2. The Balaban J connectivity index is 1.89. The second-order valence-corrected chi connectivity index (χ2v) is 6.87. The molecule has 29 heavy (non-hydrogen) atoms. The van der Waals surface area contributed by atoms with Crippen LogP contribution < -0.4 is 10.1 Å². The van der Waals surface area contributed by atoms with Crippen LogP contribution in [0.5, 0.6) is 11.5 Å². The first-order chi connectivity index (χ1) is 14.2. The first-order valence-corrected chi connectivity index (χ1v) is 9.38. The minimum Gasteiger partial charge on any atom is -0.456 e. The molecular weight excluding hydrogens is 362 g/mol. The summed E-state index contributed by atoms with van der Waals surface area (Å²) in [5.41, 5.74) is 2.13. The SMILES string of the molecule is CNc1c2c(c(Oc3ccccc3)c3ccccc13)C(=O)c1ccccc1C2=O. The number of ether oxygens (including phenoxy) is 1. The molecule has 1 aliphatic rings. The first kappa shape index (κ1) is 17.2. The van der Waals surface area contributed by atoms with Gasteiger partial charge in [-0.25, -0.2) is 0 Å². The summed E-state index contributed by atoms with van der Waals surface area (Å²) in [6.45, 7) is 0. The van der Waals surface area contributed by atoms with E-state index in [4.69, 9.17) is 4.74 Å². The Kier molecular flexibility index (Phi) is 3.91. The number of ketones is 2. The lowest BCUT2D eigenvalue weighted by molar-refractivity contribution is 0.0978. The predicted octanol–water partition coefficient (Wildman–Crippen LogP) is 5.45. The summed E-state index contributed by atoms with van der Waals surface area (Å²) in [5.74, 6) is 0.636. The number of anilines is 1. The van der Waals surface area contributed by atoms with Crippen LogP contribution in [0.3, 0.4) is 0 Å². The number of carbonyl (C=O) groups excluding carboxylic acids is 2.